The number of benzene rings is 1. The molecule has 25 heavy (non-hydrogen) atoms. The molecule has 0 aliphatic heterocycles. The molecule has 0 heterocycles. The summed E-state index contributed by atoms with van der Waals surface area (Å²) in [5.41, 5.74) is -2.71. The molecule has 0 spiro atoms. The third-order valence-electron chi connectivity index (χ3n) is 3.52. The predicted octanol–water partition coefficient (Wildman–Crippen LogP) is 4.00. The number of nitrogens with one attached hydrogen (secondary N) is 1. The molecule has 1 aliphatic rings. The van der Waals surface area contributed by atoms with Crippen molar-refractivity contribution in [3.05, 3.63) is 46.9 Å². The van der Waals surface area contributed by atoms with Crippen molar-refractivity contribution in [2.24, 2.45) is 5.92 Å². The predicted molar refractivity (Wildman–Crippen MR) is 70.7 cm³/mol. The first-order valence-electron chi connectivity index (χ1n) is 6.86. The highest BCUT2D eigenvalue weighted by atomic mass is 19.4. The van der Waals surface area contributed by atoms with Gasteiger partial charge in [0.1, 0.15) is 5.82 Å². The summed E-state index contributed by atoms with van der Waals surface area (Å²) in [5.74, 6) is -5.56. The number of rotatable bonds is 2. The van der Waals surface area contributed by atoms with Crippen molar-refractivity contribution < 1.29 is 40.3 Å². The first-order valence-corrected chi connectivity index (χ1v) is 6.86. The molecule has 0 saturated heterocycles. The van der Waals surface area contributed by atoms with Crippen molar-refractivity contribution in [3.63, 3.8) is 0 Å². The Morgan fingerprint density at radius 1 is 1.08 bits per heavy atom. The average molecular weight is 369 g/mol. The minimum atomic E-state index is -4.83. The topological polar surface area (TPSA) is 46.2 Å². The largest absolute Gasteiger partial charge is 0.416 e. The number of halogens is 7. The van der Waals surface area contributed by atoms with Gasteiger partial charge in [0.15, 0.2) is 5.78 Å². The molecule has 2 rings (SSSR count). The molecule has 0 aromatic heterocycles. The van der Waals surface area contributed by atoms with Crippen LogP contribution in [0, 0.1) is 11.7 Å². The van der Waals surface area contributed by atoms with E-state index in [1.165, 1.54) is 0 Å². The third kappa shape index (κ3) is 4.58. The van der Waals surface area contributed by atoms with Crippen molar-refractivity contribution in [3.8, 4) is 0 Å². The van der Waals surface area contributed by atoms with Crippen molar-refractivity contribution in [1.29, 1.82) is 0 Å². The van der Waals surface area contributed by atoms with Crippen LogP contribution in [0.3, 0.4) is 0 Å². The van der Waals surface area contributed by atoms with E-state index < -0.39 is 65.4 Å². The Balaban J connectivity index is 2.24. The molecular formula is C15H10F7NO2. The molecule has 136 valence electrons. The van der Waals surface area contributed by atoms with E-state index in [0.717, 1.165) is 6.08 Å². The number of hydrogen-bond donors (Lipinski definition) is 1. The summed E-state index contributed by atoms with van der Waals surface area (Å²) >= 11 is 0. The third-order valence-corrected chi connectivity index (χ3v) is 3.52. The fourth-order valence-electron chi connectivity index (χ4n) is 2.30. The van der Waals surface area contributed by atoms with E-state index in [2.05, 4.69) is 0 Å². The van der Waals surface area contributed by atoms with Crippen molar-refractivity contribution in [2.45, 2.75) is 25.2 Å². The molecule has 1 N–H and O–H groups in total. The quantitative estimate of drug-likeness (QED) is 0.801. The molecule has 10 heteroatoms. The van der Waals surface area contributed by atoms with Gasteiger partial charge >= 0.3 is 12.4 Å². The first kappa shape index (κ1) is 18.9. The van der Waals surface area contributed by atoms with Crippen LogP contribution in [0.1, 0.15) is 28.8 Å². The molecule has 3 nitrogen and oxygen atoms in total. The van der Waals surface area contributed by atoms with E-state index in [0.29, 0.717) is 12.1 Å². The van der Waals surface area contributed by atoms with Crippen molar-refractivity contribution in [1.82, 2.24) is 5.32 Å². The van der Waals surface area contributed by atoms with E-state index >= 15 is 0 Å². The number of hydrogen-bond acceptors (Lipinski definition) is 2. The average Bonchev–Trinajstić information content (AvgIpc) is 2.44. The lowest BCUT2D eigenvalue weighted by molar-refractivity contribution is -0.178. The summed E-state index contributed by atoms with van der Waals surface area (Å²) in [5, 5.41) is 1.88. The highest BCUT2D eigenvalue weighted by Gasteiger charge is 2.42. The van der Waals surface area contributed by atoms with Gasteiger partial charge in [0.05, 0.1) is 17.0 Å². The second-order valence-corrected chi connectivity index (χ2v) is 5.43. The van der Waals surface area contributed by atoms with Crippen LogP contribution in [0.25, 0.3) is 0 Å². The summed E-state index contributed by atoms with van der Waals surface area (Å²) < 4.78 is 89.6. The van der Waals surface area contributed by atoms with Crippen molar-refractivity contribution >= 4 is 11.7 Å². The summed E-state index contributed by atoms with van der Waals surface area (Å²) in [7, 11) is 0. The number of alkyl halides is 6. The minimum Gasteiger partial charge on any atom is -0.325 e. The molecule has 0 fully saturated rings. The van der Waals surface area contributed by atoms with Crippen LogP contribution in [-0.2, 0) is 11.0 Å². The van der Waals surface area contributed by atoms with Gasteiger partial charge in [0.2, 0.25) is 0 Å². The van der Waals surface area contributed by atoms with Gasteiger partial charge in [-0.2, -0.15) is 26.3 Å². The number of carbonyl (C=O) groups is 2. The van der Waals surface area contributed by atoms with Gasteiger partial charge in [-0.05, 0) is 24.6 Å². The van der Waals surface area contributed by atoms with Gasteiger partial charge in [0, 0.05) is 18.2 Å². The lowest BCUT2D eigenvalue weighted by Gasteiger charge is -2.24. The maximum atomic E-state index is 13.6. The Morgan fingerprint density at radius 2 is 1.72 bits per heavy atom. The molecule has 0 saturated carbocycles. The zero-order valence-corrected chi connectivity index (χ0v) is 12.3. The number of ketones is 1. The zero-order chi connectivity index (χ0) is 19.0. The molecule has 1 aliphatic carbocycles. The number of amides is 1. The molecule has 1 aromatic rings. The van der Waals surface area contributed by atoms with Gasteiger partial charge in [-0.3, -0.25) is 9.59 Å². The van der Waals surface area contributed by atoms with Gasteiger partial charge < -0.3 is 5.32 Å². The monoisotopic (exact) mass is 369 g/mol. The van der Waals surface area contributed by atoms with E-state index in [1.807, 2.05) is 5.32 Å². The summed E-state index contributed by atoms with van der Waals surface area (Å²) in [6, 6.07) is 1.10. The van der Waals surface area contributed by atoms with E-state index in [-0.39, 0.29) is 6.07 Å². The highest BCUT2D eigenvalue weighted by molar-refractivity contribution is 5.97. The first-order chi connectivity index (χ1) is 11.4. The molecule has 0 radical (unpaired) electrons. The van der Waals surface area contributed by atoms with E-state index in [4.69, 9.17) is 0 Å². The highest BCUT2D eigenvalue weighted by Crippen LogP contribution is 2.36. The molecule has 0 bridgehead atoms. The minimum absolute atomic E-state index is 0.247. The van der Waals surface area contributed by atoms with Crippen LogP contribution >= 0.6 is 0 Å². The molecule has 1 amide bonds. The van der Waals surface area contributed by atoms with Gasteiger partial charge in [-0.1, -0.05) is 0 Å². The Morgan fingerprint density at radius 3 is 2.28 bits per heavy atom. The summed E-state index contributed by atoms with van der Waals surface area (Å²) in [4.78, 5) is 23.3. The Kier molecular flexibility index (Phi) is 4.92. The van der Waals surface area contributed by atoms with Gasteiger partial charge in [0.25, 0.3) is 5.91 Å². The summed E-state index contributed by atoms with van der Waals surface area (Å²) in [6.07, 6.45) is -10.3. The number of carbonyl (C=O) groups excluding carboxylic acids is 2. The van der Waals surface area contributed by atoms with Gasteiger partial charge in [-0.25, -0.2) is 4.39 Å². The van der Waals surface area contributed by atoms with Crippen LogP contribution < -0.4 is 5.32 Å². The SMILES string of the molecule is O=C1C=C(NC(=O)c2cc(C(F)(F)F)ccc2F)CC(C(F)(F)F)C1. The lowest BCUT2D eigenvalue weighted by Crippen LogP contribution is -2.34. The normalized spacial score (nSPS) is 18.8. The second kappa shape index (κ2) is 6.49. The smallest absolute Gasteiger partial charge is 0.325 e. The lowest BCUT2D eigenvalue weighted by atomic mass is 9.90. The fourth-order valence-corrected chi connectivity index (χ4v) is 2.30. The maximum absolute atomic E-state index is 13.6. The summed E-state index contributed by atoms with van der Waals surface area (Å²) in [6.45, 7) is 0. The fraction of sp³-hybridized carbons (Fsp3) is 0.333. The van der Waals surface area contributed by atoms with E-state index in [1.54, 1.807) is 0 Å². The zero-order valence-electron chi connectivity index (χ0n) is 12.3. The Hall–Kier alpha value is -2.39. The second-order valence-electron chi connectivity index (χ2n) is 5.43. The van der Waals surface area contributed by atoms with Crippen LogP contribution in [0.5, 0.6) is 0 Å². The van der Waals surface area contributed by atoms with Crippen molar-refractivity contribution in [2.75, 3.05) is 0 Å². The standard InChI is InChI=1S/C15H10F7NO2/c16-12-2-1-7(14(17,18)19)5-11(12)13(25)23-9-3-8(15(20,21)22)4-10(24)6-9/h1-2,5-6,8H,3-4H2,(H,23,25). The molecule has 1 unspecified atom stereocenters. The van der Waals surface area contributed by atoms with Crippen LogP contribution in [0.4, 0.5) is 30.7 Å². The van der Waals surface area contributed by atoms with Crippen LogP contribution in [0.2, 0.25) is 0 Å². The maximum Gasteiger partial charge on any atom is 0.416 e. The Bertz CT molecular complexity index is 734. The van der Waals surface area contributed by atoms with Gasteiger partial charge in [-0.15, -0.1) is 0 Å². The van der Waals surface area contributed by atoms with Crippen LogP contribution in [0.15, 0.2) is 30.0 Å². The van der Waals surface area contributed by atoms with Crippen LogP contribution in [-0.4, -0.2) is 17.9 Å². The molecule has 1 aromatic carbocycles. The molecule has 1 atom stereocenters. The number of allylic oxidation sites excluding steroid dienone is 2. The Labute approximate surface area is 136 Å². The van der Waals surface area contributed by atoms with E-state index in [9.17, 15) is 40.3 Å². The molecular weight excluding hydrogens is 359 g/mol.